The highest BCUT2D eigenvalue weighted by Crippen LogP contribution is 2.22. The molecular formula is C15H20BrFN2O. The molecule has 20 heavy (non-hydrogen) atoms. The second kappa shape index (κ2) is 7.18. The summed E-state index contributed by atoms with van der Waals surface area (Å²) >= 11 is 3.09. The van der Waals surface area contributed by atoms with Crippen LogP contribution in [0.3, 0.4) is 0 Å². The average molecular weight is 343 g/mol. The third-order valence-corrected chi connectivity index (χ3v) is 4.51. The lowest BCUT2D eigenvalue weighted by Crippen LogP contribution is -2.37. The van der Waals surface area contributed by atoms with E-state index in [0.717, 1.165) is 6.54 Å². The molecule has 1 saturated carbocycles. The summed E-state index contributed by atoms with van der Waals surface area (Å²) in [5.74, 6) is -0.863. The van der Waals surface area contributed by atoms with Crippen LogP contribution in [0, 0.1) is 5.82 Å². The van der Waals surface area contributed by atoms with E-state index in [2.05, 4.69) is 33.2 Å². The van der Waals surface area contributed by atoms with Crippen molar-refractivity contribution in [2.75, 3.05) is 20.1 Å². The monoisotopic (exact) mass is 342 g/mol. The molecule has 0 bridgehead atoms. The van der Waals surface area contributed by atoms with Crippen LogP contribution in [0.25, 0.3) is 0 Å². The Hall–Kier alpha value is -0.940. The van der Waals surface area contributed by atoms with Gasteiger partial charge < -0.3 is 10.2 Å². The van der Waals surface area contributed by atoms with E-state index in [-0.39, 0.29) is 11.5 Å². The number of halogens is 2. The van der Waals surface area contributed by atoms with Gasteiger partial charge in [0.2, 0.25) is 0 Å². The number of amides is 1. The van der Waals surface area contributed by atoms with Crippen molar-refractivity contribution in [2.24, 2.45) is 0 Å². The number of benzene rings is 1. The second-order valence-electron chi connectivity index (χ2n) is 5.28. The van der Waals surface area contributed by atoms with Crippen LogP contribution in [-0.2, 0) is 0 Å². The van der Waals surface area contributed by atoms with Crippen molar-refractivity contribution in [1.29, 1.82) is 0 Å². The number of nitrogens with one attached hydrogen (secondary N) is 1. The number of nitrogens with zero attached hydrogens (tertiary/aromatic N) is 1. The van der Waals surface area contributed by atoms with Crippen LogP contribution < -0.4 is 5.32 Å². The Morgan fingerprint density at radius 2 is 2.15 bits per heavy atom. The normalized spacial score (nSPS) is 15.8. The maximum absolute atomic E-state index is 13.8. The quantitative estimate of drug-likeness (QED) is 0.891. The van der Waals surface area contributed by atoms with Crippen LogP contribution in [0.5, 0.6) is 0 Å². The largest absolute Gasteiger partial charge is 0.351 e. The summed E-state index contributed by atoms with van der Waals surface area (Å²) in [7, 11) is 2.09. The van der Waals surface area contributed by atoms with Crippen LogP contribution in [0.1, 0.15) is 36.0 Å². The molecule has 1 aromatic rings. The summed E-state index contributed by atoms with van der Waals surface area (Å²) in [6.07, 6.45) is 5.07. The number of carbonyl (C=O) groups is 1. The van der Waals surface area contributed by atoms with E-state index in [9.17, 15) is 9.18 Å². The lowest BCUT2D eigenvalue weighted by Gasteiger charge is -2.23. The Morgan fingerprint density at radius 3 is 2.85 bits per heavy atom. The first-order chi connectivity index (χ1) is 9.59. The van der Waals surface area contributed by atoms with Gasteiger partial charge in [-0.1, -0.05) is 18.9 Å². The minimum absolute atomic E-state index is 0.0860. The molecule has 1 fully saturated rings. The molecule has 0 heterocycles. The first-order valence-corrected chi connectivity index (χ1v) is 7.81. The Labute approximate surface area is 127 Å². The molecule has 0 saturated heterocycles. The van der Waals surface area contributed by atoms with Crippen LogP contribution in [0.2, 0.25) is 0 Å². The highest BCUT2D eigenvalue weighted by Gasteiger charge is 2.19. The molecule has 1 N–H and O–H groups in total. The molecule has 1 aliphatic rings. The highest BCUT2D eigenvalue weighted by molar-refractivity contribution is 9.10. The van der Waals surface area contributed by atoms with Crippen LogP contribution in [0.4, 0.5) is 4.39 Å². The molecule has 1 aliphatic carbocycles. The lowest BCUT2D eigenvalue weighted by atomic mass is 10.2. The SMILES string of the molecule is CN(CCNC(=O)c1cccc(Br)c1F)C1CCCC1. The predicted octanol–water partition coefficient (Wildman–Crippen LogP) is 3.19. The van der Waals surface area contributed by atoms with Gasteiger partial charge >= 0.3 is 0 Å². The number of likely N-dealkylation sites (N-methyl/N-ethyl adjacent to an activating group) is 1. The number of hydrogen-bond acceptors (Lipinski definition) is 2. The molecule has 110 valence electrons. The Bertz CT molecular complexity index is 475. The fourth-order valence-electron chi connectivity index (χ4n) is 2.65. The maximum atomic E-state index is 13.8. The first kappa shape index (κ1) is 15.4. The van der Waals surface area contributed by atoms with Crippen molar-refractivity contribution >= 4 is 21.8 Å². The van der Waals surface area contributed by atoms with Gasteiger partial charge in [0.1, 0.15) is 5.82 Å². The van der Waals surface area contributed by atoms with Gasteiger partial charge in [-0.3, -0.25) is 4.79 Å². The van der Waals surface area contributed by atoms with E-state index in [0.29, 0.717) is 17.1 Å². The van der Waals surface area contributed by atoms with E-state index in [1.807, 2.05) is 0 Å². The molecular weight excluding hydrogens is 323 g/mol. The Balaban J connectivity index is 1.81. The van der Waals surface area contributed by atoms with Crippen molar-refractivity contribution in [2.45, 2.75) is 31.7 Å². The van der Waals surface area contributed by atoms with Gasteiger partial charge in [0.05, 0.1) is 10.0 Å². The van der Waals surface area contributed by atoms with Crippen LogP contribution in [0.15, 0.2) is 22.7 Å². The fraction of sp³-hybridized carbons (Fsp3) is 0.533. The molecule has 0 unspecified atom stereocenters. The van der Waals surface area contributed by atoms with Crippen molar-refractivity contribution in [3.63, 3.8) is 0 Å². The fourth-order valence-corrected chi connectivity index (χ4v) is 3.01. The summed E-state index contributed by atoms with van der Waals surface area (Å²) in [5.41, 5.74) is 0.0860. The Morgan fingerprint density at radius 1 is 1.45 bits per heavy atom. The van der Waals surface area contributed by atoms with E-state index in [4.69, 9.17) is 0 Å². The zero-order chi connectivity index (χ0) is 14.5. The molecule has 0 radical (unpaired) electrons. The van der Waals surface area contributed by atoms with Gasteiger partial charge in [0.25, 0.3) is 5.91 Å². The molecule has 1 amide bonds. The smallest absolute Gasteiger partial charge is 0.254 e. The predicted molar refractivity (Wildman–Crippen MR) is 81.3 cm³/mol. The van der Waals surface area contributed by atoms with E-state index < -0.39 is 5.82 Å². The van der Waals surface area contributed by atoms with Gasteiger partial charge in [-0.05, 0) is 48.0 Å². The Kier molecular flexibility index (Phi) is 5.54. The average Bonchev–Trinajstić information content (AvgIpc) is 2.95. The second-order valence-corrected chi connectivity index (χ2v) is 6.13. The molecule has 0 spiro atoms. The lowest BCUT2D eigenvalue weighted by molar-refractivity contribution is 0.0943. The standard InChI is InChI=1S/C15H20BrFN2O/c1-19(11-5-2-3-6-11)10-9-18-15(20)12-7-4-8-13(16)14(12)17/h4,7-8,11H,2-3,5-6,9-10H2,1H3,(H,18,20). The van der Waals surface area contributed by atoms with Crippen molar-refractivity contribution < 1.29 is 9.18 Å². The molecule has 0 aliphatic heterocycles. The van der Waals surface area contributed by atoms with E-state index in [1.54, 1.807) is 12.1 Å². The molecule has 3 nitrogen and oxygen atoms in total. The van der Waals surface area contributed by atoms with Crippen LogP contribution >= 0.6 is 15.9 Å². The topological polar surface area (TPSA) is 32.3 Å². The minimum Gasteiger partial charge on any atom is -0.351 e. The minimum atomic E-state index is -0.505. The maximum Gasteiger partial charge on any atom is 0.254 e. The zero-order valence-corrected chi connectivity index (χ0v) is 13.2. The zero-order valence-electron chi connectivity index (χ0n) is 11.7. The summed E-state index contributed by atoms with van der Waals surface area (Å²) in [6.45, 7) is 1.34. The summed E-state index contributed by atoms with van der Waals surface area (Å²) in [5, 5.41) is 2.78. The van der Waals surface area contributed by atoms with Gasteiger partial charge in [0, 0.05) is 19.1 Å². The van der Waals surface area contributed by atoms with Crippen molar-refractivity contribution in [3.05, 3.63) is 34.1 Å². The molecule has 0 atom stereocenters. The summed E-state index contributed by atoms with van der Waals surface area (Å²) in [4.78, 5) is 14.2. The number of rotatable bonds is 5. The number of carbonyl (C=O) groups excluding carboxylic acids is 1. The van der Waals surface area contributed by atoms with Gasteiger partial charge in [-0.15, -0.1) is 0 Å². The first-order valence-electron chi connectivity index (χ1n) is 7.02. The highest BCUT2D eigenvalue weighted by atomic mass is 79.9. The number of hydrogen-bond donors (Lipinski definition) is 1. The van der Waals surface area contributed by atoms with Crippen LogP contribution in [-0.4, -0.2) is 37.0 Å². The van der Waals surface area contributed by atoms with Gasteiger partial charge in [-0.25, -0.2) is 4.39 Å². The molecule has 0 aromatic heterocycles. The van der Waals surface area contributed by atoms with Crippen molar-refractivity contribution in [3.8, 4) is 0 Å². The molecule has 5 heteroatoms. The van der Waals surface area contributed by atoms with E-state index >= 15 is 0 Å². The van der Waals surface area contributed by atoms with E-state index in [1.165, 1.54) is 31.7 Å². The van der Waals surface area contributed by atoms with Gasteiger partial charge in [0.15, 0.2) is 0 Å². The summed E-state index contributed by atoms with van der Waals surface area (Å²) < 4.78 is 14.1. The third-order valence-electron chi connectivity index (χ3n) is 3.89. The third kappa shape index (κ3) is 3.79. The summed E-state index contributed by atoms with van der Waals surface area (Å²) in [6, 6.07) is 5.37. The molecule has 2 rings (SSSR count). The molecule has 1 aromatic carbocycles. The van der Waals surface area contributed by atoms with Gasteiger partial charge in [-0.2, -0.15) is 0 Å². The van der Waals surface area contributed by atoms with Crippen molar-refractivity contribution in [1.82, 2.24) is 10.2 Å².